The van der Waals surface area contributed by atoms with Crippen molar-refractivity contribution in [2.45, 2.75) is 13.3 Å². The van der Waals surface area contributed by atoms with Gasteiger partial charge in [-0.25, -0.2) is 0 Å². The second kappa shape index (κ2) is 8.13. The van der Waals surface area contributed by atoms with Crippen LogP contribution in [0.4, 0.5) is 0 Å². The Morgan fingerprint density at radius 1 is 1.17 bits per heavy atom. The zero-order valence-corrected chi connectivity index (χ0v) is 13.8. The minimum absolute atomic E-state index is 0.00683. The quantitative estimate of drug-likeness (QED) is 0.770. The predicted octanol–water partition coefficient (Wildman–Crippen LogP) is 3.19. The van der Waals surface area contributed by atoms with Crippen molar-refractivity contribution in [3.8, 4) is 5.75 Å². The highest BCUT2D eigenvalue weighted by Gasteiger charge is 2.07. The van der Waals surface area contributed by atoms with Crippen molar-refractivity contribution in [2.75, 3.05) is 20.7 Å². The molecule has 0 spiro atoms. The number of hydrogen-bond donors (Lipinski definition) is 0. The summed E-state index contributed by atoms with van der Waals surface area (Å²) in [6, 6.07) is 11.6. The molecular weight excluding hydrogens is 288 g/mol. The summed E-state index contributed by atoms with van der Waals surface area (Å²) in [5, 5.41) is 0. The molecule has 120 valence electrons. The van der Waals surface area contributed by atoms with Crippen LogP contribution in [0.15, 0.2) is 54.9 Å². The molecule has 4 nitrogen and oxygen atoms in total. The Morgan fingerprint density at radius 2 is 1.83 bits per heavy atom. The Kier molecular flexibility index (Phi) is 5.92. The van der Waals surface area contributed by atoms with Gasteiger partial charge < -0.3 is 9.64 Å². The van der Waals surface area contributed by atoms with Crippen LogP contribution in [0.2, 0.25) is 0 Å². The molecule has 1 heterocycles. The molecule has 2 rings (SSSR count). The van der Waals surface area contributed by atoms with Crippen molar-refractivity contribution >= 4 is 11.5 Å². The molecule has 0 saturated carbocycles. The van der Waals surface area contributed by atoms with Crippen LogP contribution in [0.1, 0.15) is 18.1 Å². The van der Waals surface area contributed by atoms with E-state index in [1.54, 1.807) is 30.5 Å². The van der Waals surface area contributed by atoms with E-state index >= 15 is 0 Å². The summed E-state index contributed by atoms with van der Waals surface area (Å²) < 4.78 is 5.14. The maximum atomic E-state index is 12.3. The van der Waals surface area contributed by atoms with Crippen molar-refractivity contribution in [3.63, 3.8) is 0 Å². The van der Waals surface area contributed by atoms with Gasteiger partial charge in [0.05, 0.1) is 7.11 Å². The van der Waals surface area contributed by atoms with Crippen molar-refractivity contribution in [3.05, 3.63) is 66.0 Å². The molecular formula is C19H22N2O2. The third kappa shape index (κ3) is 4.95. The summed E-state index contributed by atoms with van der Waals surface area (Å²) in [5.74, 6) is 0.815. The molecule has 0 fully saturated rings. The van der Waals surface area contributed by atoms with Gasteiger partial charge in [-0.3, -0.25) is 9.78 Å². The number of carbonyl (C=O) groups excluding carboxylic acids is 1. The third-order valence-electron chi connectivity index (χ3n) is 3.75. The first-order chi connectivity index (χ1) is 11.1. The monoisotopic (exact) mass is 310 g/mol. The van der Waals surface area contributed by atoms with E-state index in [0.717, 1.165) is 23.3 Å². The Hall–Kier alpha value is -2.62. The number of pyridine rings is 1. The summed E-state index contributed by atoms with van der Waals surface area (Å²) in [4.78, 5) is 18.0. The van der Waals surface area contributed by atoms with Crippen LogP contribution in [-0.2, 0) is 11.2 Å². The van der Waals surface area contributed by atoms with E-state index in [0.29, 0.717) is 6.54 Å². The molecule has 4 heteroatoms. The number of hydrogen-bond acceptors (Lipinski definition) is 3. The average Bonchev–Trinajstić information content (AvgIpc) is 2.60. The Balaban J connectivity index is 1.95. The van der Waals surface area contributed by atoms with Gasteiger partial charge in [0.25, 0.3) is 0 Å². The van der Waals surface area contributed by atoms with Gasteiger partial charge in [0.15, 0.2) is 0 Å². The third-order valence-corrected chi connectivity index (χ3v) is 3.75. The number of allylic oxidation sites excluding steroid dienone is 1. The maximum Gasteiger partial charge on any atom is 0.246 e. The van der Waals surface area contributed by atoms with Gasteiger partial charge in [0.1, 0.15) is 5.75 Å². The highest BCUT2D eigenvalue weighted by molar-refractivity contribution is 5.94. The van der Waals surface area contributed by atoms with Gasteiger partial charge >= 0.3 is 0 Å². The van der Waals surface area contributed by atoms with Gasteiger partial charge in [-0.05, 0) is 54.3 Å². The molecule has 0 radical (unpaired) electrons. The van der Waals surface area contributed by atoms with Gasteiger partial charge in [0.2, 0.25) is 5.91 Å². The molecule has 0 N–H and O–H groups in total. The smallest absolute Gasteiger partial charge is 0.246 e. The zero-order valence-electron chi connectivity index (χ0n) is 13.8. The lowest BCUT2D eigenvalue weighted by Crippen LogP contribution is -2.27. The van der Waals surface area contributed by atoms with Gasteiger partial charge in [-0.2, -0.15) is 0 Å². The summed E-state index contributed by atoms with van der Waals surface area (Å²) in [6.07, 6.45) is 6.03. The minimum Gasteiger partial charge on any atom is -0.497 e. The highest BCUT2D eigenvalue weighted by atomic mass is 16.5. The van der Waals surface area contributed by atoms with E-state index in [2.05, 4.69) is 4.98 Å². The van der Waals surface area contributed by atoms with Crippen molar-refractivity contribution in [2.24, 2.45) is 0 Å². The number of likely N-dealkylation sites (N-methyl/N-ethyl adjacent to an activating group) is 1. The number of rotatable bonds is 6. The lowest BCUT2D eigenvalue weighted by atomic mass is 10.1. The molecule has 23 heavy (non-hydrogen) atoms. The first-order valence-corrected chi connectivity index (χ1v) is 7.57. The van der Waals surface area contributed by atoms with Crippen LogP contribution >= 0.6 is 0 Å². The fourth-order valence-corrected chi connectivity index (χ4v) is 2.19. The maximum absolute atomic E-state index is 12.3. The second-order valence-electron chi connectivity index (χ2n) is 5.42. The van der Waals surface area contributed by atoms with Gasteiger partial charge in [0, 0.05) is 32.1 Å². The molecule has 0 aliphatic rings. The Labute approximate surface area is 137 Å². The fourth-order valence-electron chi connectivity index (χ4n) is 2.19. The number of benzene rings is 1. The molecule has 1 aromatic carbocycles. The van der Waals surface area contributed by atoms with E-state index in [1.165, 1.54) is 5.56 Å². The van der Waals surface area contributed by atoms with Crippen LogP contribution in [0.5, 0.6) is 5.75 Å². The Bertz CT molecular complexity index is 664. The van der Waals surface area contributed by atoms with Crippen LogP contribution in [0.25, 0.3) is 5.57 Å². The molecule has 0 aliphatic carbocycles. The summed E-state index contributed by atoms with van der Waals surface area (Å²) in [7, 11) is 3.46. The predicted molar refractivity (Wildman–Crippen MR) is 92.2 cm³/mol. The van der Waals surface area contributed by atoms with E-state index in [9.17, 15) is 4.79 Å². The standard InChI is InChI=1S/C19H22N2O2/c1-15(17-4-6-18(23-3)7-5-17)14-19(22)21(2)13-10-16-8-11-20-12-9-16/h4-9,11-12,14H,10,13H2,1-3H3/b15-14+. The van der Waals surface area contributed by atoms with Gasteiger partial charge in [-0.15, -0.1) is 0 Å². The SMILES string of the molecule is COc1ccc(/C(C)=C/C(=O)N(C)CCc2ccncc2)cc1. The second-order valence-corrected chi connectivity index (χ2v) is 5.42. The lowest BCUT2D eigenvalue weighted by Gasteiger charge is -2.15. The van der Waals surface area contributed by atoms with Crippen LogP contribution in [0.3, 0.4) is 0 Å². The number of carbonyl (C=O) groups is 1. The molecule has 0 atom stereocenters. The number of amides is 1. The van der Waals surface area contributed by atoms with Crippen LogP contribution < -0.4 is 4.74 Å². The van der Waals surface area contributed by atoms with Crippen molar-refractivity contribution in [1.82, 2.24) is 9.88 Å². The first-order valence-electron chi connectivity index (χ1n) is 7.57. The van der Waals surface area contributed by atoms with Crippen LogP contribution in [-0.4, -0.2) is 36.5 Å². The summed E-state index contributed by atoms with van der Waals surface area (Å²) in [5.41, 5.74) is 3.13. The summed E-state index contributed by atoms with van der Waals surface area (Å²) >= 11 is 0. The topological polar surface area (TPSA) is 42.4 Å². The zero-order chi connectivity index (χ0) is 16.7. The molecule has 0 unspecified atom stereocenters. The van der Waals surface area contributed by atoms with E-state index in [1.807, 2.05) is 50.4 Å². The van der Waals surface area contributed by atoms with E-state index < -0.39 is 0 Å². The molecule has 1 amide bonds. The molecule has 0 saturated heterocycles. The largest absolute Gasteiger partial charge is 0.497 e. The highest BCUT2D eigenvalue weighted by Crippen LogP contribution is 2.18. The molecule has 0 aliphatic heterocycles. The molecule has 1 aromatic heterocycles. The fraction of sp³-hybridized carbons (Fsp3) is 0.263. The Morgan fingerprint density at radius 3 is 2.43 bits per heavy atom. The van der Waals surface area contributed by atoms with Crippen LogP contribution in [0, 0.1) is 0 Å². The number of nitrogens with zero attached hydrogens (tertiary/aromatic N) is 2. The number of ether oxygens (including phenoxy) is 1. The normalized spacial score (nSPS) is 11.2. The van der Waals surface area contributed by atoms with E-state index in [-0.39, 0.29) is 5.91 Å². The number of aromatic nitrogens is 1. The molecule has 2 aromatic rings. The van der Waals surface area contributed by atoms with Gasteiger partial charge in [-0.1, -0.05) is 12.1 Å². The molecule has 0 bridgehead atoms. The minimum atomic E-state index is 0.00683. The van der Waals surface area contributed by atoms with Crippen molar-refractivity contribution in [1.29, 1.82) is 0 Å². The summed E-state index contributed by atoms with van der Waals surface area (Å²) in [6.45, 7) is 2.62. The lowest BCUT2D eigenvalue weighted by molar-refractivity contribution is -0.124. The van der Waals surface area contributed by atoms with Crippen molar-refractivity contribution < 1.29 is 9.53 Å². The first kappa shape index (κ1) is 16.7. The van der Waals surface area contributed by atoms with E-state index in [4.69, 9.17) is 4.74 Å². The average molecular weight is 310 g/mol. The number of methoxy groups -OCH3 is 1.